The van der Waals surface area contributed by atoms with Gasteiger partial charge in [0.05, 0.1) is 5.69 Å². The van der Waals surface area contributed by atoms with Gasteiger partial charge in [-0.3, -0.25) is 4.79 Å². The van der Waals surface area contributed by atoms with E-state index in [2.05, 4.69) is 0 Å². The fraction of sp³-hybridized carbons (Fsp3) is 0.462. The van der Waals surface area contributed by atoms with Gasteiger partial charge < -0.3 is 14.7 Å². The van der Waals surface area contributed by atoms with Gasteiger partial charge in [0.1, 0.15) is 11.5 Å². The average Bonchev–Trinajstić information content (AvgIpc) is 2.25. The Morgan fingerprint density at radius 2 is 2.24 bits per heavy atom. The second-order valence-corrected chi connectivity index (χ2v) is 4.74. The predicted octanol–water partition coefficient (Wildman–Crippen LogP) is 1.92. The lowest BCUT2D eigenvalue weighted by atomic mass is 9.85. The number of nitrogens with zero attached hydrogens (tertiary/aromatic N) is 1. The molecule has 0 aromatic heterocycles. The lowest BCUT2D eigenvalue weighted by Gasteiger charge is -2.35. The van der Waals surface area contributed by atoms with Crippen LogP contribution < -0.4 is 9.64 Å². The van der Waals surface area contributed by atoms with Crippen molar-refractivity contribution in [1.29, 1.82) is 0 Å². The molecule has 1 aliphatic carbocycles. The topological polar surface area (TPSA) is 49.8 Å². The summed E-state index contributed by atoms with van der Waals surface area (Å²) in [5.74, 6) is 1.43. The molecule has 1 amide bonds. The van der Waals surface area contributed by atoms with E-state index in [1.807, 2.05) is 0 Å². The summed E-state index contributed by atoms with van der Waals surface area (Å²) >= 11 is 0. The number of anilines is 1. The number of hydrogen-bond acceptors (Lipinski definition) is 3. The van der Waals surface area contributed by atoms with E-state index in [1.54, 1.807) is 23.1 Å². The van der Waals surface area contributed by atoms with Crippen LogP contribution in [-0.4, -0.2) is 24.2 Å². The first-order chi connectivity index (χ1) is 8.24. The molecule has 4 heteroatoms. The summed E-state index contributed by atoms with van der Waals surface area (Å²) in [4.78, 5) is 13.6. The van der Waals surface area contributed by atoms with Gasteiger partial charge in [-0.15, -0.1) is 0 Å². The largest absolute Gasteiger partial charge is 0.508 e. The van der Waals surface area contributed by atoms with Crippen molar-refractivity contribution in [3.63, 3.8) is 0 Å². The summed E-state index contributed by atoms with van der Waals surface area (Å²) in [5, 5.41) is 9.50. The Kier molecular flexibility index (Phi) is 2.42. The molecule has 1 saturated carbocycles. The molecule has 0 saturated heterocycles. The molecule has 0 radical (unpaired) electrons. The Balaban J connectivity index is 1.90. The van der Waals surface area contributed by atoms with Crippen LogP contribution >= 0.6 is 0 Å². The maximum absolute atomic E-state index is 11.9. The molecule has 2 aliphatic rings. The highest BCUT2D eigenvalue weighted by atomic mass is 16.5. The minimum absolute atomic E-state index is 0.0185. The van der Waals surface area contributed by atoms with Crippen LogP contribution in [0.2, 0.25) is 0 Å². The van der Waals surface area contributed by atoms with Crippen LogP contribution in [0, 0.1) is 5.92 Å². The van der Waals surface area contributed by atoms with Gasteiger partial charge in [0.25, 0.3) is 5.91 Å². The molecule has 1 aromatic rings. The number of phenolic OH excluding ortho intramolecular Hbond substituents is 1. The van der Waals surface area contributed by atoms with Gasteiger partial charge >= 0.3 is 0 Å². The van der Waals surface area contributed by atoms with Gasteiger partial charge in [0.2, 0.25) is 0 Å². The highest BCUT2D eigenvalue weighted by molar-refractivity contribution is 5.98. The van der Waals surface area contributed by atoms with Gasteiger partial charge in [-0.25, -0.2) is 0 Å². The smallest absolute Gasteiger partial charge is 0.265 e. The summed E-state index contributed by atoms with van der Waals surface area (Å²) in [6, 6.07) is 4.89. The zero-order valence-electron chi connectivity index (χ0n) is 9.56. The maximum Gasteiger partial charge on any atom is 0.265 e. The third-order valence-corrected chi connectivity index (χ3v) is 3.55. The fourth-order valence-corrected chi connectivity index (χ4v) is 2.32. The fourth-order valence-electron chi connectivity index (χ4n) is 2.32. The number of rotatable bonds is 2. The molecule has 0 atom stereocenters. The maximum atomic E-state index is 11.9. The summed E-state index contributed by atoms with van der Waals surface area (Å²) in [5.41, 5.74) is 0.702. The van der Waals surface area contributed by atoms with Crippen LogP contribution in [-0.2, 0) is 4.79 Å². The average molecular weight is 233 g/mol. The van der Waals surface area contributed by atoms with E-state index in [9.17, 15) is 9.90 Å². The van der Waals surface area contributed by atoms with Crippen molar-refractivity contribution in [2.75, 3.05) is 18.1 Å². The summed E-state index contributed by atoms with van der Waals surface area (Å²) in [6.07, 6.45) is 3.65. The Morgan fingerprint density at radius 1 is 1.41 bits per heavy atom. The van der Waals surface area contributed by atoms with E-state index in [0.29, 0.717) is 17.4 Å². The molecule has 1 aliphatic heterocycles. The Morgan fingerprint density at radius 3 is 2.94 bits per heavy atom. The van der Waals surface area contributed by atoms with E-state index in [0.717, 1.165) is 6.54 Å². The van der Waals surface area contributed by atoms with E-state index >= 15 is 0 Å². The zero-order chi connectivity index (χ0) is 11.8. The molecular weight excluding hydrogens is 218 g/mol. The third kappa shape index (κ3) is 1.84. The van der Waals surface area contributed by atoms with Gasteiger partial charge in [0, 0.05) is 12.6 Å². The quantitative estimate of drug-likeness (QED) is 0.849. The monoisotopic (exact) mass is 233 g/mol. The van der Waals surface area contributed by atoms with Crippen LogP contribution in [0.5, 0.6) is 11.5 Å². The number of fused-ring (bicyclic) bond motifs is 1. The minimum atomic E-state index is -0.0185. The molecule has 1 fully saturated rings. The number of amides is 1. The summed E-state index contributed by atoms with van der Waals surface area (Å²) in [6.45, 7) is 0.850. The standard InChI is InChI=1S/C13H15NO3/c15-10-4-5-12-11(6-10)14(13(16)8-17-12)7-9-2-1-3-9/h4-6,9,15H,1-3,7-8H2. The Labute approximate surface area is 99.8 Å². The van der Waals surface area contributed by atoms with E-state index in [4.69, 9.17) is 4.74 Å². The number of carbonyl (C=O) groups excluding carboxylic acids is 1. The molecule has 0 unspecified atom stereocenters. The van der Waals surface area contributed by atoms with Crippen LogP contribution in [0.15, 0.2) is 18.2 Å². The van der Waals surface area contributed by atoms with Crippen LogP contribution in [0.1, 0.15) is 19.3 Å². The molecule has 1 aromatic carbocycles. The molecule has 1 N–H and O–H groups in total. The van der Waals surface area contributed by atoms with Crippen molar-refractivity contribution in [1.82, 2.24) is 0 Å². The number of phenols is 1. The number of carbonyl (C=O) groups is 1. The van der Waals surface area contributed by atoms with Crippen molar-refractivity contribution < 1.29 is 14.6 Å². The second kappa shape index (κ2) is 3.95. The van der Waals surface area contributed by atoms with Gasteiger partial charge in [-0.05, 0) is 30.9 Å². The Bertz CT molecular complexity index is 454. The zero-order valence-corrected chi connectivity index (χ0v) is 9.56. The first kappa shape index (κ1) is 10.4. The number of hydrogen-bond donors (Lipinski definition) is 1. The van der Waals surface area contributed by atoms with E-state index in [-0.39, 0.29) is 18.3 Å². The van der Waals surface area contributed by atoms with E-state index < -0.39 is 0 Å². The lowest BCUT2D eigenvalue weighted by molar-refractivity contribution is -0.121. The molecule has 90 valence electrons. The predicted molar refractivity (Wildman–Crippen MR) is 63.3 cm³/mol. The minimum Gasteiger partial charge on any atom is -0.508 e. The molecule has 17 heavy (non-hydrogen) atoms. The van der Waals surface area contributed by atoms with E-state index in [1.165, 1.54) is 19.3 Å². The molecular formula is C13H15NO3. The molecule has 1 heterocycles. The number of benzene rings is 1. The lowest BCUT2D eigenvalue weighted by Crippen LogP contribution is -2.42. The highest BCUT2D eigenvalue weighted by Gasteiger charge is 2.30. The summed E-state index contributed by atoms with van der Waals surface area (Å²) < 4.78 is 5.35. The van der Waals surface area contributed by atoms with Crippen molar-refractivity contribution in [2.45, 2.75) is 19.3 Å². The third-order valence-electron chi connectivity index (χ3n) is 3.55. The van der Waals surface area contributed by atoms with Gasteiger partial charge in [-0.2, -0.15) is 0 Å². The van der Waals surface area contributed by atoms with Crippen molar-refractivity contribution in [3.05, 3.63) is 18.2 Å². The normalized spacial score (nSPS) is 19.5. The first-order valence-electron chi connectivity index (χ1n) is 6.00. The van der Waals surface area contributed by atoms with Crippen molar-refractivity contribution in [2.24, 2.45) is 5.92 Å². The van der Waals surface area contributed by atoms with Crippen molar-refractivity contribution >= 4 is 11.6 Å². The van der Waals surface area contributed by atoms with Gasteiger partial charge in [0.15, 0.2) is 6.61 Å². The van der Waals surface area contributed by atoms with Crippen LogP contribution in [0.4, 0.5) is 5.69 Å². The first-order valence-corrected chi connectivity index (χ1v) is 6.00. The van der Waals surface area contributed by atoms with Crippen molar-refractivity contribution in [3.8, 4) is 11.5 Å². The van der Waals surface area contributed by atoms with Crippen LogP contribution in [0.25, 0.3) is 0 Å². The Hall–Kier alpha value is -1.71. The molecule has 4 nitrogen and oxygen atoms in total. The second-order valence-electron chi connectivity index (χ2n) is 4.74. The number of ether oxygens (including phenoxy) is 1. The molecule has 3 rings (SSSR count). The highest BCUT2D eigenvalue weighted by Crippen LogP contribution is 2.37. The van der Waals surface area contributed by atoms with Crippen LogP contribution in [0.3, 0.4) is 0 Å². The SMILES string of the molecule is O=C1COc2ccc(O)cc2N1CC1CCC1. The summed E-state index contributed by atoms with van der Waals surface area (Å²) in [7, 11) is 0. The molecule has 0 spiro atoms. The number of aromatic hydroxyl groups is 1. The molecule has 0 bridgehead atoms. The van der Waals surface area contributed by atoms with Gasteiger partial charge in [-0.1, -0.05) is 6.42 Å².